The van der Waals surface area contributed by atoms with Gasteiger partial charge in [-0.05, 0) is 30.2 Å². The largest absolute Gasteiger partial charge is 0.353 e. The molecular formula is C15H21N3O2. The normalized spacial score (nSPS) is 15.7. The van der Waals surface area contributed by atoms with Gasteiger partial charge in [-0.15, -0.1) is 0 Å². The molecule has 1 heterocycles. The van der Waals surface area contributed by atoms with E-state index in [0.29, 0.717) is 5.92 Å². The lowest BCUT2D eigenvalue weighted by Gasteiger charge is -2.27. The summed E-state index contributed by atoms with van der Waals surface area (Å²) >= 11 is 0. The maximum Gasteiger partial charge on any atom is 0.246 e. The van der Waals surface area contributed by atoms with Crippen molar-refractivity contribution < 1.29 is 9.59 Å². The summed E-state index contributed by atoms with van der Waals surface area (Å²) in [4.78, 5) is 24.5. The number of anilines is 1. The molecule has 1 aliphatic rings. The molecule has 0 aromatic heterocycles. The van der Waals surface area contributed by atoms with E-state index >= 15 is 0 Å². The van der Waals surface area contributed by atoms with Gasteiger partial charge in [0.1, 0.15) is 0 Å². The molecule has 0 unspecified atom stereocenters. The Labute approximate surface area is 119 Å². The Balaban J connectivity index is 1.94. The SMILES string of the molecule is CC(C)CNCc1ccc(N2CC(=O)NC(=O)C2)cc1. The molecule has 2 N–H and O–H groups in total. The highest BCUT2D eigenvalue weighted by molar-refractivity contribution is 6.02. The van der Waals surface area contributed by atoms with Crippen LogP contribution in [0.15, 0.2) is 24.3 Å². The maximum atomic E-state index is 11.3. The predicted octanol–water partition coefficient (Wildman–Crippen LogP) is 0.895. The quantitative estimate of drug-likeness (QED) is 0.784. The second kappa shape index (κ2) is 6.52. The highest BCUT2D eigenvalue weighted by Gasteiger charge is 2.22. The number of benzene rings is 1. The van der Waals surface area contributed by atoms with E-state index in [0.717, 1.165) is 18.8 Å². The van der Waals surface area contributed by atoms with Crippen LogP contribution in [0.1, 0.15) is 19.4 Å². The van der Waals surface area contributed by atoms with Gasteiger partial charge in [0.15, 0.2) is 0 Å². The number of hydrogen-bond donors (Lipinski definition) is 2. The summed E-state index contributed by atoms with van der Waals surface area (Å²) in [6, 6.07) is 7.97. The Morgan fingerprint density at radius 2 is 1.75 bits per heavy atom. The fraction of sp³-hybridized carbons (Fsp3) is 0.467. The number of nitrogens with one attached hydrogen (secondary N) is 2. The third-order valence-electron chi connectivity index (χ3n) is 3.13. The minimum absolute atomic E-state index is 0.233. The van der Waals surface area contributed by atoms with Crippen LogP contribution in [0.25, 0.3) is 0 Å². The number of rotatable bonds is 5. The fourth-order valence-electron chi connectivity index (χ4n) is 2.15. The number of hydrogen-bond acceptors (Lipinski definition) is 4. The molecule has 1 saturated heterocycles. The third kappa shape index (κ3) is 4.06. The van der Waals surface area contributed by atoms with Crippen LogP contribution in [0.5, 0.6) is 0 Å². The summed E-state index contributed by atoms with van der Waals surface area (Å²) in [6.07, 6.45) is 0. The molecule has 1 aliphatic heterocycles. The van der Waals surface area contributed by atoms with Crippen molar-refractivity contribution in [3.63, 3.8) is 0 Å². The zero-order chi connectivity index (χ0) is 14.5. The van der Waals surface area contributed by atoms with Gasteiger partial charge < -0.3 is 10.2 Å². The summed E-state index contributed by atoms with van der Waals surface area (Å²) in [5.41, 5.74) is 2.10. The van der Waals surface area contributed by atoms with E-state index < -0.39 is 0 Å². The summed E-state index contributed by atoms with van der Waals surface area (Å²) < 4.78 is 0. The first kappa shape index (κ1) is 14.5. The van der Waals surface area contributed by atoms with E-state index in [4.69, 9.17) is 0 Å². The fourth-order valence-corrected chi connectivity index (χ4v) is 2.15. The van der Waals surface area contributed by atoms with Crippen LogP contribution >= 0.6 is 0 Å². The molecule has 0 spiro atoms. The van der Waals surface area contributed by atoms with E-state index in [2.05, 4.69) is 24.5 Å². The molecule has 0 bridgehead atoms. The molecule has 1 aromatic rings. The first-order valence-corrected chi connectivity index (χ1v) is 6.92. The second-order valence-corrected chi connectivity index (χ2v) is 5.52. The average Bonchev–Trinajstić information content (AvgIpc) is 2.38. The van der Waals surface area contributed by atoms with E-state index in [1.165, 1.54) is 5.56 Å². The minimum Gasteiger partial charge on any atom is -0.353 e. The van der Waals surface area contributed by atoms with Crippen molar-refractivity contribution in [3.8, 4) is 0 Å². The number of carbonyl (C=O) groups is 2. The zero-order valence-electron chi connectivity index (χ0n) is 12.0. The van der Waals surface area contributed by atoms with Gasteiger partial charge >= 0.3 is 0 Å². The van der Waals surface area contributed by atoms with Crippen LogP contribution in [0.2, 0.25) is 0 Å². The van der Waals surface area contributed by atoms with Gasteiger partial charge in [0, 0.05) is 12.2 Å². The van der Waals surface area contributed by atoms with Crippen molar-refractivity contribution in [2.45, 2.75) is 20.4 Å². The Bertz CT molecular complexity index is 466. The molecule has 108 valence electrons. The first-order valence-electron chi connectivity index (χ1n) is 6.92. The van der Waals surface area contributed by atoms with Crippen LogP contribution in [0.3, 0.4) is 0 Å². The van der Waals surface area contributed by atoms with Gasteiger partial charge in [0.2, 0.25) is 11.8 Å². The molecule has 20 heavy (non-hydrogen) atoms. The van der Waals surface area contributed by atoms with Crippen molar-refractivity contribution in [2.75, 3.05) is 24.5 Å². The molecule has 1 aromatic carbocycles. The van der Waals surface area contributed by atoms with Gasteiger partial charge in [-0.25, -0.2) is 0 Å². The molecule has 2 rings (SSSR count). The highest BCUT2D eigenvalue weighted by Crippen LogP contribution is 2.16. The molecular weight excluding hydrogens is 254 g/mol. The summed E-state index contributed by atoms with van der Waals surface area (Å²) in [6.45, 7) is 6.64. The second-order valence-electron chi connectivity index (χ2n) is 5.52. The molecule has 2 amide bonds. The first-order chi connectivity index (χ1) is 9.54. The van der Waals surface area contributed by atoms with Crippen molar-refractivity contribution in [1.82, 2.24) is 10.6 Å². The topological polar surface area (TPSA) is 61.4 Å². The zero-order valence-corrected chi connectivity index (χ0v) is 12.0. The Morgan fingerprint density at radius 3 is 2.30 bits per heavy atom. The van der Waals surface area contributed by atoms with Gasteiger partial charge in [-0.2, -0.15) is 0 Å². The number of nitrogens with zero attached hydrogens (tertiary/aromatic N) is 1. The lowest BCUT2D eigenvalue weighted by molar-refractivity contribution is -0.130. The number of piperazine rings is 1. The third-order valence-corrected chi connectivity index (χ3v) is 3.13. The molecule has 0 aliphatic carbocycles. The monoisotopic (exact) mass is 275 g/mol. The smallest absolute Gasteiger partial charge is 0.246 e. The van der Waals surface area contributed by atoms with Gasteiger partial charge in [-0.1, -0.05) is 26.0 Å². The number of carbonyl (C=O) groups excluding carboxylic acids is 2. The Morgan fingerprint density at radius 1 is 1.15 bits per heavy atom. The Kier molecular flexibility index (Phi) is 4.74. The van der Waals surface area contributed by atoms with Crippen LogP contribution in [0, 0.1) is 5.92 Å². The van der Waals surface area contributed by atoms with Crippen molar-refractivity contribution >= 4 is 17.5 Å². The molecule has 0 atom stereocenters. The van der Waals surface area contributed by atoms with Crippen molar-refractivity contribution in [1.29, 1.82) is 0 Å². The van der Waals surface area contributed by atoms with Crippen LogP contribution in [0.4, 0.5) is 5.69 Å². The van der Waals surface area contributed by atoms with Crippen molar-refractivity contribution in [3.05, 3.63) is 29.8 Å². The van der Waals surface area contributed by atoms with E-state index in [1.54, 1.807) is 4.90 Å². The molecule has 5 nitrogen and oxygen atoms in total. The summed E-state index contributed by atoms with van der Waals surface area (Å²) in [7, 11) is 0. The lowest BCUT2D eigenvalue weighted by atomic mass is 10.1. The van der Waals surface area contributed by atoms with Crippen molar-refractivity contribution in [2.24, 2.45) is 5.92 Å². The van der Waals surface area contributed by atoms with E-state index in [1.807, 2.05) is 24.3 Å². The lowest BCUT2D eigenvalue weighted by Crippen LogP contribution is -2.51. The minimum atomic E-state index is -0.246. The van der Waals surface area contributed by atoms with Crippen LogP contribution in [-0.4, -0.2) is 31.4 Å². The molecule has 0 radical (unpaired) electrons. The highest BCUT2D eigenvalue weighted by atomic mass is 16.2. The number of imide groups is 1. The molecule has 0 saturated carbocycles. The van der Waals surface area contributed by atoms with Gasteiger partial charge in [0.05, 0.1) is 13.1 Å². The van der Waals surface area contributed by atoms with Crippen LogP contribution < -0.4 is 15.5 Å². The predicted molar refractivity (Wildman–Crippen MR) is 78.3 cm³/mol. The Hall–Kier alpha value is -1.88. The maximum absolute atomic E-state index is 11.3. The van der Waals surface area contributed by atoms with Gasteiger partial charge in [-0.3, -0.25) is 14.9 Å². The summed E-state index contributed by atoms with van der Waals surface area (Å²) in [5.74, 6) is 0.139. The molecule has 1 fully saturated rings. The van der Waals surface area contributed by atoms with Gasteiger partial charge in [0.25, 0.3) is 0 Å². The van der Waals surface area contributed by atoms with Crippen LogP contribution in [-0.2, 0) is 16.1 Å². The van der Waals surface area contributed by atoms with E-state index in [-0.39, 0.29) is 24.9 Å². The van der Waals surface area contributed by atoms with E-state index in [9.17, 15) is 9.59 Å². The molecule has 5 heteroatoms. The average molecular weight is 275 g/mol. The summed E-state index contributed by atoms with van der Waals surface area (Å²) in [5, 5.41) is 5.68. The number of amides is 2. The standard InChI is InChI=1S/C15H21N3O2/c1-11(2)7-16-8-12-3-5-13(6-4-12)18-9-14(19)17-15(20)10-18/h3-6,11,16H,7-10H2,1-2H3,(H,17,19,20).